The summed E-state index contributed by atoms with van der Waals surface area (Å²) in [7, 11) is 0. The molecule has 2 rings (SSSR count). The van der Waals surface area contributed by atoms with Crippen LogP contribution in [0.5, 0.6) is 0 Å². The van der Waals surface area contributed by atoms with Crippen LogP contribution in [0.25, 0.3) is 0 Å². The molecule has 22 heavy (non-hydrogen) atoms. The monoisotopic (exact) mass is 317 g/mol. The third kappa shape index (κ3) is 4.21. The Morgan fingerprint density at radius 3 is 2.82 bits per heavy atom. The number of aryl methyl sites for hydroxylation is 1. The molecule has 0 atom stereocenters. The summed E-state index contributed by atoms with van der Waals surface area (Å²) in [5.41, 5.74) is 2.79. The number of rotatable bonds is 6. The lowest BCUT2D eigenvalue weighted by Crippen LogP contribution is -2.35. The van der Waals surface area contributed by atoms with E-state index in [0.717, 1.165) is 18.8 Å². The minimum absolute atomic E-state index is 0.196. The van der Waals surface area contributed by atoms with Crippen LogP contribution in [-0.4, -0.2) is 30.5 Å². The first-order valence-electron chi connectivity index (χ1n) is 7.32. The summed E-state index contributed by atoms with van der Waals surface area (Å²) in [6, 6.07) is 11.7. The third-order valence-electron chi connectivity index (χ3n) is 3.42. The van der Waals surface area contributed by atoms with E-state index in [1.807, 2.05) is 6.07 Å². The molecule has 0 fully saturated rings. The Balaban J connectivity index is 1.92. The number of hydrogen-bond donors (Lipinski definition) is 1. The second kappa shape index (κ2) is 7.80. The van der Waals surface area contributed by atoms with Crippen molar-refractivity contribution in [3.05, 3.63) is 58.9 Å². The minimum Gasteiger partial charge on any atom is -0.370 e. The molecular weight excluding hydrogens is 298 g/mol. The molecule has 0 saturated heterocycles. The molecular formula is C17H20ClN3O. The van der Waals surface area contributed by atoms with Crippen LogP contribution in [0.3, 0.4) is 0 Å². The standard InChI is InChI=1S/C17H20ClN3O/c1-3-21(14-7-4-6-13(2)12-14)11-10-20-17(22)15-8-5-9-19-16(15)18/h4-9,12H,3,10-11H2,1-2H3,(H,20,22). The van der Waals surface area contributed by atoms with E-state index in [2.05, 4.69) is 47.2 Å². The van der Waals surface area contributed by atoms with Gasteiger partial charge in [-0.15, -0.1) is 0 Å². The topological polar surface area (TPSA) is 45.2 Å². The van der Waals surface area contributed by atoms with Crippen molar-refractivity contribution in [3.8, 4) is 0 Å². The van der Waals surface area contributed by atoms with Gasteiger partial charge in [-0.2, -0.15) is 0 Å². The predicted molar refractivity (Wildman–Crippen MR) is 90.6 cm³/mol. The molecule has 0 bridgehead atoms. The molecule has 1 aromatic heterocycles. The average Bonchev–Trinajstić information content (AvgIpc) is 2.52. The number of benzene rings is 1. The Morgan fingerprint density at radius 2 is 2.14 bits per heavy atom. The average molecular weight is 318 g/mol. The summed E-state index contributed by atoms with van der Waals surface area (Å²) < 4.78 is 0. The van der Waals surface area contributed by atoms with Crippen LogP contribution in [0, 0.1) is 6.92 Å². The van der Waals surface area contributed by atoms with Gasteiger partial charge in [0.1, 0.15) is 5.15 Å². The summed E-state index contributed by atoms with van der Waals surface area (Å²) in [5.74, 6) is -0.196. The number of pyridine rings is 1. The van der Waals surface area contributed by atoms with E-state index in [1.165, 1.54) is 5.56 Å². The molecule has 0 aliphatic carbocycles. The van der Waals surface area contributed by atoms with E-state index < -0.39 is 0 Å². The number of anilines is 1. The van der Waals surface area contributed by atoms with Crippen molar-refractivity contribution >= 4 is 23.2 Å². The van der Waals surface area contributed by atoms with Crippen LogP contribution in [0.1, 0.15) is 22.8 Å². The summed E-state index contributed by atoms with van der Waals surface area (Å²) in [6.45, 7) is 6.34. The SMILES string of the molecule is CCN(CCNC(=O)c1cccnc1Cl)c1cccc(C)c1. The number of carbonyl (C=O) groups excluding carboxylic acids is 1. The fourth-order valence-electron chi connectivity index (χ4n) is 2.25. The molecule has 1 aromatic carbocycles. The summed E-state index contributed by atoms with van der Waals surface area (Å²) in [5, 5.41) is 3.11. The Bertz CT molecular complexity index is 645. The molecule has 1 N–H and O–H groups in total. The number of amides is 1. The lowest BCUT2D eigenvalue weighted by Gasteiger charge is -2.23. The predicted octanol–water partition coefficient (Wildman–Crippen LogP) is 3.30. The van der Waals surface area contributed by atoms with Crippen LogP contribution < -0.4 is 10.2 Å². The van der Waals surface area contributed by atoms with Gasteiger partial charge in [0.05, 0.1) is 5.56 Å². The number of nitrogens with zero attached hydrogens (tertiary/aromatic N) is 2. The van der Waals surface area contributed by atoms with Gasteiger partial charge in [0.15, 0.2) is 0 Å². The Labute approximate surface area is 136 Å². The van der Waals surface area contributed by atoms with E-state index in [4.69, 9.17) is 11.6 Å². The highest BCUT2D eigenvalue weighted by atomic mass is 35.5. The van der Waals surface area contributed by atoms with Crippen molar-refractivity contribution in [1.82, 2.24) is 10.3 Å². The van der Waals surface area contributed by atoms with E-state index in [9.17, 15) is 4.79 Å². The number of nitrogens with one attached hydrogen (secondary N) is 1. The number of halogens is 1. The fourth-order valence-corrected chi connectivity index (χ4v) is 2.45. The highest BCUT2D eigenvalue weighted by molar-refractivity contribution is 6.32. The first-order valence-corrected chi connectivity index (χ1v) is 7.70. The van der Waals surface area contributed by atoms with Crippen molar-refractivity contribution in [3.63, 3.8) is 0 Å². The number of hydrogen-bond acceptors (Lipinski definition) is 3. The molecule has 4 nitrogen and oxygen atoms in total. The second-order valence-electron chi connectivity index (χ2n) is 5.02. The van der Waals surface area contributed by atoms with Crippen LogP contribution in [0.15, 0.2) is 42.6 Å². The molecule has 2 aromatic rings. The van der Waals surface area contributed by atoms with Gasteiger partial charge in [0, 0.05) is 31.5 Å². The van der Waals surface area contributed by atoms with Gasteiger partial charge in [0.25, 0.3) is 5.91 Å². The van der Waals surface area contributed by atoms with E-state index >= 15 is 0 Å². The van der Waals surface area contributed by atoms with Crippen molar-refractivity contribution in [2.75, 3.05) is 24.5 Å². The van der Waals surface area contributed by atoms with Crippen LogP contribution in [0.4, 0.5) is 5.69 Å². The van der Waals surface area contributed by atoms with E-state index in [-0.39, 0.29) is 11.1 Å². The first-order chi connectivity index (χ1) is 10.6. The number of likely N-dealkylation sites (N-methyl/N-ethyl adjacent to an activating group) is 1. The van der Waals surface area contributed by atoms with Crippen molar-refractivity contribution in [1.29, 1.82) is 0 Å². The lowest BCUT2D eigenvalue weighted by atomic mass is 10.2. The van der Waals surface area contributed by atoms with Gasteiger partial charge in [-0.25, -0.2) is 4.98 Å². The van der Waals surface area contributed by atoms with Crippen molar-refractivity contribution < 1.29 is 4.79 Å². The molecule has 0 unspecified atom stereocenters. The zero-order chi connectivity index (χ0) is 15.9. The maximum absolute atomic E-state index is 12.1. The third-order valence-corrected chi connectivity index (χ3v) is 3.72. The van der Waals surface area contributed by atoms with Gasteiger partial charge in [-0.1, -0.05) is 23.7 Å². The number of aromatic nitrogens is 1. The van der Waals surface area contributed by atoms with E-state index in [0.29, 0.717) is 12.1 Å². The molecule has 5 heteroatoms. The quantitative estimate of drug-likeness (QED) is 0.831. The lowest BCUT2D eigenvalue weighted by molar-refractivity contribution is 0.0954. The van der Waals surface area contributed by atoms with Gasteiger partial charge in [0.2, 0.25) is 0 Å². The molecule has 116 valence electrons. The summed E-state index contributed by atoms with van der Waals surface area (Å²) >= 11 is 5.92. The molecule has 0 aliphatic heterocycles. The fraction of sp³-hybridized carbons (Fsp3) is 0.294. The van der Waals surface area contributed by atoms with Crippen LogP contribution >= 0.6 is 11.6 Å². The maximum Gasteiger partial charge on any atom is 0.254 e. The second-order valence-corrected chi connectivity index (χ2v) is 5.37. The Kier molecular flexibility index (Phi) is 5.78. The van der Waals surface area contributed by atoms with E-state index in [1.54, 1.807) is 18.3 Å². The summed E-state index contributed by atoms with van der Waals surface area (Å²) in [6.07, 6.45) is 1.57. The molecule has 1 amide bonds. The molecule has 0 radical (unpaired) electrons. The zero-order valence-corrected chi connectivity index (χ0v) is 13.6. The molecule has 1 heterocycles. The minimum atomic E-state index is -0.196. The number of carbonyl (C=O) groups is 1. The zero-order valence-electron chi connectivity index (χ0n) is 12.8. The van der Waals surface area contributed by atoms with Gasteiger partial charge in [-0.05, 0) is 43.7 Å². The first kappa shape index (κ1) is 16.3. The maximum atomic E-state index is 12.1. The van der Waals surface area contributed by atoms with Gasteiger partial charge < -0.3 is 10.2 Å². The molecule has 0 spiro atoms. The highest BCUT2D eigenvalue weighted by Gasteiger charge is 2.11. The normalized spacial score (nSPS) is 10.3. The Hall–Kier alpha value is -2.07. The Morgan fingerprint density at radius 1 is 1.32 bits per heavy atom. The van der Waals surface area contributed by atoms with Crippen LogP contribution in [-0.2, 0) is 0 Å². The smallest absolute Gasteiger partial charge is 0.254 e. The van der Waals surface area contributed by atoms with Crippen molar-refractivity contribution in [2.24, 2.45) is 0 Å². The largest absolute Gasteiger partial charge is 0.370 e. The van der Waals surface area contributed by atoms with Gasteiger partial charge in [-0.3, -0.25) is 4.79 Å². The highest BCUT2D eigenvalue weighted by Crippen LogP contribution is 2.15. The molecule has 0 saturated carbocycles. The van der Waals surface area contributed by atoms with Crippen LogP contribution in [0.2, 0.25) is 5.15 Å². The summed E-state index contributed by atoms with van der Waals surface area (Å²) in [4.78, 5) is 18.2. The van der Waals surface area contributed by atoms with Crippen molar-refractivity contribution in [2.45, 2.75) is 13.8 Å². The van der Waals surface area contributed by atoms with Gasteiger partial charge >= 0.3 is 0 Å². The molecule has 0 aliphatic rings.